The van der Waals surface area contributed by atoms with Crippen LogP contribution in [0.3, 0.4) is 0 Å². The Morgan fingerprint density at radius 2 is 1.76 bits per heavy atom. The second kappa shape index (κ2) is 10.5. The SMILES string of the molecule is Cc1ccc(OC(F)F)c(NC(=S)N2CCN(Cc3c(C)nn(-c4ccccc4)c3C)CC2)c1. The lowest BCUT2D eigenvalue weighted by molar-refractivity contribution is -0.0493. The molecule has 1 fully saturated rings. The molecule has 1 aliphatic rings. The first-order valence-corrected chi connectivity index (χ1v) is 11.7. The Morgan fingerprint density at radius 1 is 1.06 bits per heavy atom. The molecule has 6 nitrogen and oxygen atoms in total. The number of halogens is 2. The van der Waals surface area contributed by atoms with Gasteiger partial charge >= 0.3 is 6.61 Å². The van der Waals surface area contributed by atoms with Gasteiger partial charge in [0.15, 0.2) is 5.11 Å². The van der Waals surface area contributed by atoms with Gasteiger partial charge in [0.1, 0.15) is 5.75 Å². The van der Waals surface area contributed by atoms with Crippen molar-refractivity contribution in [3.05, 3.63) is 71.0 Å². The highest BCUT2D eigenvalue weighted by molar-refractivity contribution is 7.80. The number of benzene rings is 2. The van der Waals surface area contributed by atoms with E-state index in [0.29, 0.717) is 10.8 Å². The zero-order valence-corrected chi connectivity index (χ0v) is 20.4. The van der Waals surface area contributed by atoms with Crippen LogP contribution in [0.1, 0.15) is 22.5 Å². The van der Waals surface area contributed by atoms with Gasteiger partial charge in [-0.3, -0.25) is 4.90 Å². The van der Waals surface area contributed by atoms with E-state index in [2.05, 4.69) is 45.8 Å². The number of ether oxygens (including phenoxy) is 1. The van der Waals surface area contributed by atoms with E-state index in [1.165, 1.54) is 11.6 Å². The zero-order chi connectivity index (χ0) is 24.2. The summed E-state index contributed by atoms with van der Waals surface area (Å²) in [7, 11) is 0. The lowest BCUT2D eigenvalue weighted by Gasteiger charge is -2.36. The number of aryl methyl sites for hydroxylation is 2. The maximum absolute atomic E-state index is 12.8. The molecule has 180 valence electrons. The molecule has 0 bridgehead atoms. The van der Waals surface area contributed by atoms with Crippen LogP contribution in [0.5, 0.6) is 5.75 Å². The van der Waals surface area contributed by atoms with Gasteiger partial charge < -0.3 is 15.0 Å². The summed E-state index contributed by atoms with van der Waals surface area (Å²) in [5.74, 6) is 0.0861. The Bertz CT molecular complexity index is 1140. The summed E-state index contributed by atoms with van der Waals surface area (Å²) in [5.41, 5.74) is 5.86. The molecule has 0 atom stereocenters. The minimum absolute atomic E-state index is 0.0861. The topological polar surface area (TPSA) is 45.6 Å². The molecule has 4 rings (SSSR count). The Labute approximate surface area is 204 Å². The standard InChI is InChI=1S/C25H29F2N5OS/c1-17-9-10-23(33-24(26)27)22(15-17)28-25(34)31-13-11-30(12-14-31)16-21-18(2)29-32(19(21)3)20-7-5-4-6-8-20/h4-10,15,24H,11-14,16H2,1-3H3,(H,28,34). The van der Waals surface area contributed by atoms with Crippen molar-refractivity contribution in [1.29, 1.82) is 0 Å². The van der Waals surface area contributed by atoms with E-state index in [-0.39, 0.29) is 5.75 Å². The fourth-order valence-electron chi connectivity index (χ4n) is 4.19. The molecular weight excluding hydrogens is 456 g/mol. The molecule has 1 saturated heterocycles. The highest BCUT2D eigenvalue weighted by Gasteiger charge is 2.23. The largest absolute Gasteiger partial charge is 0.433 e. The second-order valence-corrected chi connectivity index (χ2v) is 8.85. The quantitative estimate of drug-likeness (QED) is 0.501. The molecule has 0 radical (unpaired) electrons. The van der Waals surface area contributed by atoms with Gasteiger partial charge in [-0.05, 0) is 62.8 Å². The van der Waals surface area contributed by atoms with Gasteiger partial charge in [0.2, 0.25) is 0 Å². The molecule has 34 heavy (non-hydrogen) atoms. The van der Waals surface area contributed by atoms with Crippen LogP contribution in [-0.4, -0.2) is 57.5 Å². The van der Waals surface area contributed by atoms with Crippen LogP contribution in [0.25, 0.3) is 5.69 Å². The minimum atomic E-state index is -2.89. The molecule has 1 N–H and O–H groups in total. The Hall–Kier alpha value is -3.04. The van der Waals surface area contributed by atoms with Crippen LogP contribution >= 0.6 is 12.2 Å². The second-order valence-electron chi connectivity index (χ2n) is 8.47. The van der Waals surface area contributed by atoms with E-state index < -0.39 is 6.61 Å². The fourth-order valence-corrected chi connectivity index (χ4v) is 4.48. The molecule has 2 heterocycles. The van der Waals surface area contributed by atoms with Crippen molar-refractivity contribution in [1.82, 2.24) is 19.6 Å². The number of rotatable bonds is 6. The summed E-state index contributed by atoms with van der Waals surface area (Å²) in [4.78, 5) is 4.46. The molecule has 3 aromatic rings. The van der Waals surface area contributed by atoms with Crippen LogP contribution in [0.2, 0.25) is 0 Å². The van der Waals surface area contributed by atoms with Gasteiger partial charge in [0, 0.05) is 44.0 Å². The van der Waals surface area contributed by atoms with E-state index in [1.54, 1.807) is 12.1 Å². The number of para-hydroxylation sites is 1. The Morgan fingerprint density at radius 3 is 2.44 bits per heavy atom. The maximum Gasteiger partial charge on any atom is 0.387 e. The predicted octanol–water partition coefficient (Wildman–Crippen LogP) is 4.91. The molecule has 1 aromatic heterocycles. The third-order valence-corrected chi connectivity index (χ3v) is 6.44. The van der Waals surface area contributed by atoms with E-state index >= 15 is 0 Å². The smallest absolute Gasteiger partial charge is 0.387 e. The molecule has 2 aromatic carbocycles. The number of nitrogens with zero attached hydrogens (tertiary/aromatic N) is 4. The summed E-state index contributed by atoms with van der Waals surface area (Å²) in [6.07, 6.45) is 0. The van der Waals surface area contributed by atoms with Crippen molar-refractivity contribution in [3.8, 4) is 11.4 Å². The van der Waals surface area contributed by atoms with Crippen molar-refractivity contribution in [2.45, 2.75) is 33.9 Å². The number of nitrogens with one attached hydrogen (secondary N) is 1. The van der Waals surface area contributed by atoms with Gasteiger partial charge in [-0.1, -0.05) is 24.3 Å². The van der Waals surface area contributed by atoms with Crippen LogP contribution in [0.15, 0.2) is 48.5 Å². The van der Waals surface area contributed by atoms with E-state index in [9.17, 15) is 8.78 Å². The molecule has 9 heteroatoms. The van der Waals surface area contributed by atoms with E-state index in [4.69, 9.17) is 17.3 Å². The number of thiocarbonyl (C=S) groups is 1. The normalized spacial score (nSPS) is 14.5. The number of hydrogen-bond donors (Lipinski definition) is 1. The molecule has 0 aliphatic carbocycles. The Balaban J connectivity index is 1.37. The summed E-state index contributed by atoms with van der Waals surface area (Å²) in [6.45, 7) is 7.15. The summed E-state index contributed by atoms with van der Waals surface area (Å²) in [6, 6.07) is 15.2. The van der Waals surface area contributed by atoms with Gasteiger partial charge in [0.25, 0.3) is 0 Å². The molecule has 0 saturated carbocycles. The molecule has 0 spiro atoms. The molecule has 0 amide bonds. The number of anilines is 1. The average Bonchev–Trinajstić information content (AvgIpc) is 3.10. The van der Waals surface area contributed by atoms with E-state index in [1.807, 2.05) is 29.8 Å². The lowest BCUT2D eigenvalue weighted by atomic mass is 10.1. The molecule has 0 unspecified atom stereocenters. The predicted molar refractivity (Wildman–Crippen MR) is 134 cm³/mol. The number of hydrogen-bond acceptors (Lipinski definition) is 4. The van der Waals surface area contributed by atoms with Crippen molar-refractivity contribution >= 4 is 23.0 Å². The maximum atomic E-state index is 12.8. The summed E-state index contributed by atoms with van der Waals surface area (Å²) >= 11 is 5.58. The van der Waals surface area contributed by atoms with Gasteiger partial charge in [-0.15, -0.1) is 0 Å². The Kier molecular flexibility index (Phi) is 7.43. The van der Waals surface area contributed by atoms with Crippen molar-refractivity contribution in [3.63, 3.8) is 0 Å². The first-order valence-electron chi connectivity index (χ1n) is 11.3. The lowest BCUT2D eigenvalue weighted by Crippen LogP contribution is -2.49. The first-order chi connectivity index (χ1) is 16.3. The molecular formula is C25H29F2N5OS. The van der Waals surface area contributed by atoms with Gasteiger partial charge in [-0.25, -0.2) is 4.68 Å². The number of aromatic nitrogens is 2. The van der Waals surface area contributed by atoms with Crippen molar-refractivity contribution in [2.24, 2.45) is 0 Å². The fraction of sp³-hybridized carbons (Fsp3) is 0.360. The van der Waals surface area contributed by atoms with Gasteiger partial charge in [0.05, 0.1) is 17.1 Å². The number of alkyl halides is 2. The minimum Gasteiger partial charge on any atom is -0.433 e. The zero-order valence-electron chi connectivity index (χ0n) is 19.6. The van der Waals surface area contributed by atoms with Gasteiger partial charge in [-0.2, -0.15) is 13.9 Å². The average molecular weight is 486 g/mol. The first kappa shape index (κ1) is 24.1. The highest BCUT2D eigenvalue weighted by atomic mass is 32.1. The van der Waals surface area contributed by atoms with Crippen LogP contribution in [0.4, 0.5) is 14.5 Å². The summed E-state index contributed by atoms with van der Waals surface area (Å²) in [5, 5.41) is 8.36. The third kappa shape index (κ3) is 5.53. The molecule has 1 aliphatic heterocycles. The van der Waals surface area contributed by atoms with Crippen molar-refractivity contribution < 1.29 is 13.5 Å². The monoisotopic (exact) mass is 485 g/mol. The van der Waals surface area contributed by atoms with Crippen LogP contribution in [0, 0.1) is 20.8 Å². The van der Waals surface area contributed by atoms with Crippen LogP contribution < -0.4 is 10.1 Å². The van der Waals surface area contributed by atoms with Crippen LogP contribution in [-0.2, 0) is 6.54 Å². The summed E-state index contributed by atoms with van der Waals surface area (Å²) < 4.78 is 32.2. The third-order valence-electron chi connectivity index (χ3n) is 6.08. The van der Waals surface area contributed by atoms with E-state index in [0.717, 1.165) is 55.4 Å². The number of piperazine rings is 1. The van der Waals surface area contributed by atoms with Crippen molar-refractivity contribution in [2.75, 3.05) is 31.5 Å². The highest BCUT2D eigenvalue weighted by Crippen LogP contribution is 2.28.